The maximum Gasteiger partial charge on any atom is 0.407 e. The van der Waals surface area contributed by atoms with Gasteiger partial charge in [0.05, 0.1) is 5.75 Å². The van der Waals surface area contributed by atoms with E-state index in [1.54, 1.807) is 30.3 Å². The van der Waals surface area contributed by atoms with Gasteiger partial charge in [-0.3, -0.25) is 4.79 Å². The Labute approximate surface area is 115 Å². The molecule has 20 heavy (non-hydrogen) atoms. The first-order valence-electron chi connectivity index (χ1n) is 5.73. The summed E-state index contributed by atoms with van der Waals surface area (Å²) in [6.45, 7) is -0.995. The maximum absolute atomic E-state index is 12.3. The van der Waals surface area contributed by atoms with Gasteiger partial charge < -0.3 is 0 Å². The summed E-state index contributed by atoms with van der Waals surface area (Å²) in [7, 11) is -4.29. The number of aryl methyl sites for hydroxylation is 1. The predicted octanol–water partition coefficient (Wildman–Crippen LogP) is 1.97. The van der Waals surface area contributed by atoms with Gasteiger partial charge in [0.25, 0.3) is 0 Å². The van der Waals surface area contributed by atoms with Crippen molar-refractivity contribution in [2.75, 3.05) is 12.3 Å². The summed E-state index contributed by atoms with van der Waals surface area (Å²) in [6.07, 6.45) is -4.71. The number of hydrogen-bond donors (Lipinski definition) is 0. The van der Waals surface area contributed by atoms with Crippen molar-refractivity contribution in [3.8, 4) is 0 Å². The number of sulfonamides is 1. The zero-order valence-electron chi connectivity index (χ0n) is 10.7. The third kappa shape index (κ3) is 5.20. The van der Waals surface area contributed by atoms with Crippen LogP contribution in [0.15, 0.2) is 30.3 Å². The van der Waals surface area contributed by atoms with E-state index in [4.69, 9.17) is 0 Å². The van der Waals surface area contributed by atoms with E-state index in [1.807, 2.05) is 0 Å². The molecule has 0 bridgehead atoms. The Bertz CT molecular complexity index is 555. The Morgan fingerprint density at radius 3 is 2.20 bits per heavy atom. The molecule has 8 heteroatoms. The largest absolute Gasteiger partial charge is 0.407 e. The highest BCUT2D eigenvalue weighted by Crippen LogP contribution is 2.19. The molecule has 112 valence electrons. The van der Waals surface area contributed by atoms with E-state index in [-0.39, 0.29) is 10.7 Å². The molecular weight excluding hydrogens is 295 g/mol. The lowest BCUT2D eigenvalue weighted by Gasteiger charge is -2.22. The van der Waals surface area contributed by atoms with Crippen molar-refractivity contribution >= 4 is 15.9 Å². The Balaban J connectivity index is 2.81. The second kappa shape index (κ2) is 6.25. The minimum Gasteiger partial charge on any atom is -0.274 e. The van der Waals surface area contributed by atoms with Crippen molar-refractivity contribution in [1.29, 1.82) is 0 Å². The number of carbonyl (C=O) groups excluding carboxylic acids is 1. The van der Waals surface area contributed by atoms with Gasteiger partial charge in [-0.1, -0.05) is 30.3 Å². The van der Waals surface area contributed by atoms with Crippen molar-refractivity contribution < 1.29 is 26.4 Å². The number of halogens is 3. The number of alkyl halides is 3. The minimum absolute atomic E-state index is 0.0464. The summed E-state index contributed by atoms with van der Waals surface area (Å²) in [5.74, 6) is -1.69. The molecule has 0 unspecified atom stereocenters. The normalized spacial score (nSPS) is 12.2. The molecule has 4 nitrogen and oxygen atoms in total. The molecule has 0 aromatic heterocycles. The molecule has 0 radical (unpaired) electrons. The average Bonchev–Trinajstić information content (AvgIpc) is 2.33. The highest BCUT2D eigenvalue weighted by atomic mass is 32.2. The van der Waals surface area contributed by atoms with Crippen molar-refractivity contribution in [3.63, 3.8) is 0 Å². The SMILES string of the molecule is CC(=O)N(CC(F)(F)F)S(=O)(=O)CCc1ccccc1. The fourth-order valence-corrected chi connectivity index (χ4v) is 3.02. The van der Waals surface area contributed by atoms with Crippen LogP contribution >= 0.6 is 0 Å². The topological polar surface area (TPSA) is 54.5 Å². The Morgan fingerprint density at radius 2 is 1.75 bits per heavy atom. The average molecular weight is 309 g/mol. The first-order chi connectivity index (χ1) is 9.12. The number of nitrogens with zero attached hydrogens (tertiary/aromatic N) is 1. The van der Waals surface area contributed by atoms with E-state index in [9.17, 15) is 26.4 Å². The fraction of sp³-hybridized carbons (Fsp3) is 0.417. The van der Waals surface area contributed by atoms with Gasteiger partial charge in [-0.2, -0.15) is 13.2 Å². The molecule has 0 saturated heterocycles. The lowest BCUT2D eigenvalue weighted by molar-refractivity contribution is -0.149. The van der Waals surface area contributed by atoms with Crippen molar-refractivity contribution in [1.82, 2.24) is 4.31 Å². The van der Waals surface area contributed by atoms with Crippen molar-refractivity contribution in [2.24, 2.45) is 0 Å². The maximum atomic E-state index is 12.3. The third-order valence-corrected chi connectivity index (χ3v) is 4.28. The van der Waals surface area contributed by atoms with E-state index in [2.05, 4.69) is 0 Å². The fourth-order valence-electron chi connectivity index (χ4n) is 1.57. The minimum atomic E-state index is -4.76. The van der Waals surface area contributed by atoms with Crippen molar-refractivity contribution in [2.45, 2.75) is 19.5 Å². The van der Waals surface area contributed by atoms with Crippen LogP contribution in [0.3, 0.4) is 0 Å². The summed E-state index contributed by atoms with van der Waals surface area (Å²) in [5, 5.41) is 0. The second-order valence-corrected chi connectivity index (χ2v) is 6.21. The van der Waals surface area contributed by atoms with Crippen LogP contribution in [0.1, 0.15) is 12.5 Å². The van der Waals surface area contributed by atoms with Gasteiger partial charge >= 0.3 is 6.18 Å². The highest BCUT2D eigenvalue weighted by Gasteiger charge is 2.37. The van der Waals surface area contributed by atoms with Crippen LogP contribution in [0.25, 0.3) is 0 Å². The van der Waals surface area contributed by atoms with Gasteiger partial charge in [0, 0.05) is 6.92 Å². The van der Waals surface area contributed by atoms with Crippen LogP contribution in [-0.4, -0.2) is 37.1 Å². The Morgan fingerprint density at radius 1 is 1.20 bits per heavy atom. The van der Waals surface area contributed by atoms with Gasteiger partial charge in [-0.25, -0.2) is 12.7 Å². The Kier molecular flexibility index (Phi) is 5.15. The zero-order chi connectivity index (χ0) is 15.4. The standard InChI is InChI=1S/C12H14F3NO3S/c1-10(17)16(9-12(13,14)15)20(18,19)8-7-11-5-3-2-4-6-11/h2-6H,7-9H2,1H3. The van der Waals surface area contributed by atoms with Crippen LogP contribution in [0, 0.1) is 0 Å². The van der Waals surface area contributed by atoms with Crippen LogP contribution in [0.2, 0.25) is 0 Å². The van der Waals surface area contributed by atoms with Crippen molar-refractivity contribution in [3.05, 3.63) is 35.9 Å². The third-order valence-electron chi connectivity index (χ3n) is 2.50. The number of carbonyl (C=O) groups is 1. The highest BCUT2D eigenvalue weighted by molar-refractivity contribution is 7.89. The molecule has 0 aliphatic heterocycles. The molecule has 0 fully saturated rings. The monoisotopic (exact) mass is 309 g/mol. The molecular formula is C12H14F3NO3S. The number of amides is 1. The quantitative estimate of drug-likeness (QED) is 0.835. The predicted molar refractivity (Wildman–Crippen MR) is 67.4 cm³/mol. The Hall–Kier alpha value is -1.57. The molecule has 0 aliphatic rings. The molecule has 1 amide bonds. The first-order valence-corrected chi connectivity index (χ1v) is 7.34. The smallest absolute Gasteiger partial charge is 0.274 e. The van der Waals surface area contributed by atoms with E-state index < -0.39 is 34.4 Å². The first kappa shape index (κ1) is 16.5. The van der Waals surface area contributed by atoms with Crippen LogP contribution in [-0.2, 0) is 21.2 Å². The molecule has 1 aromatic rings. The molecule has 0 heterocycles. The summed E-state index contributed by atoms with van der Waals surface area (Å²) in [5.41, 5.74) is 0.673. The van der Waals surface area contributed by atoms with Gasteiger partial charge in [0.15, 0.2) is 0 Å². The van der Waals surface area contributed by atoms with Crippen LogP contribution in [0.5, 0.6) is 0 Å². The molecule has 0 aliphatic carbocycles. The second-order valence-electron chi connectivity index (χ2n) is 4.19. The summed E-state index contributed by atoms with van der Waals surface area (Å²) >= 11 is 0. The number of rotatable bonds is 5. The van der Waals surface area contributed by atoms with Gasteiger partial charge in [0.1, 0.15) is 6.54 Å². The summed E-state index contributed by atoms with van der Waals surface area (Å²) in [4.78, 5) is 11.1. The summed E-state index contributed by atoms with van der Waals surface area (Å²) < 4.78 is 60.4. The summed E-state index contributed by atoms with van der Waals surface area (Å²) in [6, 6.07) is 8.46. The van der Waals surface area contributed by atoms with E-state index in [0.29, 0.717) is 5.56 Å². The molecule has 0 saturated carbocycles. The lowest BCUT2D eigenvalue weighted by Crippen LogP contribution is -2.43. The zero-order valence-corrected chi connectivity index (χ0v) is 11.5. The van der Waals surface area contributed by atoms with Gasteiger partial charge in [0.2, 0.25) is 15.9 Å². The van der Waals surface area contributed by atoms with Crippen LogP contribution < -0.4 is 0 Å². The molecule has 0 atom stereocenters. The van der Waals surface area contributed by atoms with E-state index in [1.165, 1.54) is 0 Å². The lowest BCUT2D eigenvalue weighted by atomic mass is 10.2. The number of benzene rings is 1. The molecule has 0 spiro atoms. The molecule has 1 rings (SSSR count). The van der Waals surface area contributed by atoms with Gasteiger partial charge in [-0.05, 0) is 12.0 Å². The van der Waals surface area contributed by atoms with Gasteiger partial charge in [-0.15, -0.1) is 0 Å². The number of hydrogen-bond acceptors (Lipinski definition) is 3. The van der Waals surface area contributed by atoms with E-state index >= 15 is 0 Å². The molecule has 1 aromatic carbocycles. The molecule has 0 N–H and O–H groups in total. The van der Waals surface area contributed by atoms with Crippen LogP contribution in [0.4, 0.5) is 13.2 Å². The van der Waals surface area contributed by atoms with E-state index in [0.717, 1.165) is 6.92 Å².